The number of anilines is 3. The number of carbonyl (C=O) groups excluding carboxylic acids is 1. The van der Waals surface area contributed by atoms with Crippen LogP contribution in [-0.2, 0) is 4.79 Å². The van der Waals surface area contributed by atoms with E-state index in [4.69, 9.17) is 0 Å². The second-order valence-corrected chi connectivity index (χ2v) is 4.35. The Labute approximate surface area is 118 Å². The van der Waals surface area contributed by atoms with Crippen LogP contribution in [-0.4, -0.2) is 10.9 Å². The fraction of sp³-hybridized carbons (Fsp3) is 0.200. The van der Waals surface area contributed by atoms with Crippen molar-refractivity contribution in [3.8, 4) is 0 Å². The van der Waals surface area contributed by atoms with Gasteiger partial charge in [0, 0.05) is 12.1 Å². The number of hydrazine groups is 1. The van der Waals surface area contributed by atoms with Crippen LogP contribution in [0.15, 0.2) is 48.7 Å². The molecule has 0 bridgehead atoms. The van der Waals surface area contributed by atoms with Gasteiger partial charge >= 0.3 is 0 Å². The van der Waals surface area contributed by atoms with Crippen molar-refractivity contribution in [2.24, 2.45) is 0 Å². The van der Waals surface area contributed by atoms with Gasteiger partial charge in [-0.2, -0.15) is 0 Å². The summed E-state index contributed by atoms with van der Waals surface area (Å²) in [6.07, 6.45) is 3.00. The monoisotopic (exact) mass is 270 g/mol. The van der Waals surface area contributed by atoms with Crippen LogP contribution < -0.4 is 16.2 Å². The highest BCUT2D eigenvalue weighted by Crippen LogP contribution is 2.15. The van der Waals surface area contributed by atoms with Crippen molar-refractivity contribution in [3.05, 3.63) is 48.7 Å². The first kappa shape index (κ1) is 13.9. The van der Waals surface area contributed by atoms with Crippen molar-refractivity contribution in [1.29, 1.82) is 0 Å². The minimum atomic E-state index is -0.0287. The predicted octanol–water partition coefficient (Wildman–Crippen LogP) is 3.07. The van der Waals surface area contributed by atoms with Crippen LogP contribution in [0.1, 0.15) is 19.8 Å². The molecule has 0 aliphatic heterocycles. The van der Waals surface area contributed by atoms with E-state index in [-0.39, 0.29) is 5.91 Å². The van der Waals surface area contributed by atoms with Gasteiger partial charge in [0.05, 0.1) is 11.9 Å². The number of nitrogens with one attached hydrogen (secondary N) is 3. The fourth-order valence-corrected chi connectivity index (χ4v) is 1.64. The third-order valence-electron chi connectivity index (χ3n) is 2.63. The molecular formula is C15H18N4O. The summed E-state index contributed by atoms with van der Waals surface area (Å²) in [4.78, 5) is 15.6. The lowest BCUT2D eigenvalue weighted by molar-refractivity contribution is -0.120. The minimum Gasteiger partial charge on any atom is -0.340 e. The lowest BCUT2D eigenvalue weighted by Gasteiger charge is -2.09. The van der Waals surface area contributed by atoms with Gasteiger partial charge < -0.3 is 5.32 Å². The van der Waals surface area contributed by atoms with E-state index in [0.29, 0.717) is 6.42 Å². The van der Waals surface area contributed by atoms with Crippen LogP contribution in [0.4, 0.5) is 17.2 Å². The van der Waals surface area contributed by atoms with Crippen molar-refractivity contribution < 1.29 is 4.79 Å². The summed E-state index contributed by atoms with van der Waals surface area (Å²) in [6, 6.07) is 13.5. The Morgan fingerprint density at radius 3 is 2.55 bits per heavy atom. The predicted molar refractivity (Wildman–Crippen MR) is 80.6 cm³/mol. The highest BCUT2D eigenvalue weighted by atomic mass is 16.2. The Hall–Kier alpha value is -2.56. The molecule has 3 N–H and O–H groups in total. The number of hydrogen-bond acceptors (Lipinski definition) is 4. The third-order valence-corrected chi connectivity index (χ3v) is 2.63. The zero-order chi connectivity index (χ0) is 14.2. The Morgan fingerprint density at radius 1 is 1.10 bits per heavy atom. The number of carbonyl (C=O) groups is 1. The van der Waals surface area contributed by atoms with Crippen LogP contribution in [0, 0.1) is 0 Å². The number of hydrogen-bond donors (Lipinski definition) is 3. The maximum Gasteiger partial charge on any atom is 0.238 e. The second kappa shape index (κ2) is 7.13. The number of amides is 1. The molecular weight excluding hydrogens is 252 g/mol. The Morgan fingerprint density at radius 2 is 1.90 bits per heavy atom. The zero-order valence-electron chi connectivity index (χ0n) is 11.4. The zero-order valence-corrected chi connectivity index (χ0v) is 11.4. The molecule has 1 heterocycles. The highest BCUT2D eigenvalue weighted by molar-refractivity contribution is 5.77. The van der Waals surface area contributed by atoms with Gasteiger partial charge in [-0.05, 0) is 30.7 Å². The molecule has 0 fully saturated rings. The number of benzene rings is 1. The average Bonchev–Trinajstić information content (AvgIpc) is 2.48. The van der Waals surface area contributed by atoms with Crippen LogP contribution in [0.3, 0.4) is 0 Å². The number of pyridine rings is 1. The first-order valence-corrected chi connectivity index (χ1v) is 6.61. The lowest BCUT2D eigenvalue weighted by atomic mass is 10.3. The smallest absolute Gasteiger partial charge is 0.238 e. The standard InChI is InChI=1S/C15H18N4O/c1-2-6-15(20)19-18-13-9-10-14(16-11-13)17-12-7-4-3-5-8-12/h3-5,7-11,18H,2,6H2,1H3,(H,16,17)(H,19,20). The fourth-order valence-electron chi connectivity index (χ4n) is 1.64. The van der Waals surface area contributed by atoms with Crippen molar-refractivity contribution in [2.45, 2.75) is 19.8 Å². The van der Waals surface area contributed by atoms with Gasteiger partial charge in [0.1, 0.15) is 5.82 Å². The number of aromatic nitrogens is 1. The molecule has 0 saturated heterocycles. The van der Waals surface area contributed by atoms with Gasteiger partial charge in [0.2, 0.25) is 5.91 Å². The number of rotatable bonds is 6. The van der Waals surface area contributed by atoms with Crippen molar-refractivity contribution in [3.63, 3.8) is 0 Å². The largest absolute Gasteiger partial charge is 0.340 e. The van der Waals surface area contributed by atoms with Gasteiger partial charge in [-0.1, -0.05) is 25.1 Å². The number of para-hydroxylation sites is 1. The van der Waals surface area contributed by atoms with E-state index in [1.807, 2.05) is 49.4 Å². The van der Waals surface area contributed by atoms with E-state index >= 15 is 0 Å². The molecule has 0 aliphatic rings. The van der Waals surface area contributed by atoms with E-state index in [1.165, 1.54) is 0 Å². The van der Waals surface area contributed by atoms with Crippen LogP contribution in [0.25, 0.3) is 0 Å². The summed E-state index contributed by atoms with van der Waals surface area (Å²) in [5.41, 5.74) is 7.18. The molecule has 20 heavy (non-hydrogen) atoms. The van der Waals surface area contributed by atoms with Gasteiger partial charge in [-0.15, -0.1) is 0 Å². The topological polar surface area (TPSA) is 66.1 Å². The molecule has 2 aromatic rings. The molecule has 2 rings (SSSR count). The van der Waals surface area contributed by atoms with Gasteiger partial charge in [-0.25, -0.2) is 4.98 Å². The van der Waals surface area contributed by atoms with Gasteiger partial charge in [0.15, 0.2) is 0 Å². The quantitative estimate of drug-likeness (QED) is 0.706. The van der Waals surface area contributed by atoms with E-state index in [1.54, 1.807) is 6.20 Å². The van der Waals surface area contributed by atoms with Crippen LogP contribution >= 0.6 is 0 Å². The number of nitrogens with zero attached hydrogens (tertiary/aromatic N) is 1. The SMILES string of the molecule is CCCC(=O)NNc1ccc(Nc2ccccc2)nc1. The van der Waals surface area contributed by atoms with Gasteiger partial charge in [-0.3, -0.25) is 15.6 Å². The molecule has 0 unspecified atom stereocenters. The van der Waals surface area contributed by atoms with E-state index in [0.717, 1.165) is 23.6 Å². The summed E-state index contributed by atoms with van der Waals surface area (Å²) in [6.45, 7) is 1.96. The van der Waals surface area contributed by atoms with E-state index in [2.05, 4.69) is 21.2 Å². The Balaban J connectivity index is 1.88. The first-order valence-electron chi connectivity index (χ1n) is 6.61. The molecule has 0 aliphatic carbocycles. The maximum absolute atomic E-state index is 11.3. The molecule has 0 atom stereocenters. The van der Waals surface area contributed by atoms with Crippen molar-refractivity contribution >= 4 is 23.1 Å². The van der Waals surface area contributed by atoms with E-state index < -0.39 is 0 Å². The minimum absolute atomic E-state index is 0.0287. The summed E-state index contributed by atoms with van der Waals surface area (Å²) in [5.74, 6) is 0.723. The van der Waals surface area contributed by atoms with Crippen LogP contribution in [0.5, 0.6) is 0 Å². The highest BCUT2D eigenvalue weighted by Gasteiger charge is 1.99. The molecule has 0 radical (unpaired) electrons. The molecule has 5 heteroatoms. The Kier molecular flexibility index (Phi) is 4.94. The summed E-state index contributed by atoms with van der Waals surface area (Å²) < 4.78 is 0. The molecule has 0 spiro atoms. The molecule has 5 nitrogen and oxygen atoms in total. The summed E-state index contributed by atoms with van der Waals surface area (Å²) in [7, 11) is 0. The Bertz CT molecular complexity index is 540. The van der Waals surface area contributed by atoms with Crippen molar-refractivity contribution in [2.75, 3.05) is 10.7 Å². The molecule has 0 saturated carbocycles. The van der Waals surface area contributed by atoms with E-state index in [9.17, 15) is 4.79 Å². The second-order valence-electron chi connectivity index (χ2n) is 4.35. The first-order chi connectivity index (χ1) is 9.78. The van der Waals surface area contributed by atoms with Crippen molar-refractivity contribution in [1.82, 2.24) is 10.4 Å². The molecule has 1 amide bonds. The van der Waals surface area contributed by atoms with Crippen LogP contribution in [0.2, 0.25) is 0 Å². The average molecular weight is 270 g/mol. The summed E-state index contributed by atoms with van der Waals surface area (Å²) in [5, 5.41) is 3.19. The normalized spacial score (nSPS) is 9.85. The summed E-state index contributed by atoms with van der Waals surface area (Å²) >= 11 is 0. The third kappa shape index (κ3) is 4.28. The maximum atomic E-state index is 11.3. The molecule has 104 valence electrons. The molecule has 1 aromatic carbocycles. The molecule has 1 aromatic heterocycles. The van der Waals surface area contributed by atoms with Gasteiger partial charge in [0.25, 0.3) is 0 Å². The lowest BCUT2D eigenvalue weighted by Crippen LogP contribution is -2.28.